The number of hydrogen-bond acceptors (Lipinski definition) is 5. The fourth-order valence-electron chi connectivity index (χ4n) is 1.69. The van der Waals surface area contributed by atoms with E-state index in [2.05, 4.69) is 10.1 Å². The van der Waals surface area contributed by atoms with Crippen LogP contribution in [0.25, 0.3) is 0 Å². The number of rotatable bonds is 5. The zero-order valence-electron chi connectivity index (χ0n) is 10.0. The summed E-state index contributed by atoms with van der Waals surface area (Å²) in [6.07, 6.45) is 2.33. The van der Waals surface area contributed by atoms with Gasteiger partial charge < -0.3 is 15.0 Å². The molecule has 2 N–H and O–H groups in total. The van der Waals surface area contributed by atoms with Crippen LogP contribution >= 0.6 is 0 Å². The Morgan fingerprint density at radius 1 is 1.44 bits per heavy atom. The van der Waals surface area contributed by atoms with E-state index in [1.807, 2.05) is 13.8 Å². The molecule has 2 rings (SSSR count). The third-order valence-corrected chi connectivity index (χ3v) is 3.02. The highest BCUT2D eigenvalue weighted by Crippen LogP contribution is 2.42. The summed E-state index contributed by atoms with van der Waals surface area (Å²) in [5, 5.41) is 3.96. The number of ether oxygens (including phenoxy) is 1. The fraction of sp³-hybridized carbons (Fsp3) is 0.818. The predicted octanol–water partition coefficient (Wildman–Crippen LogP) is 1.82. The number of hydrogen-bond donors (Lipinski definition) is 1. The van der Waals surface area contributed by atoms with Gasteiger partial charge >= 0.3 is 0 Å². The van der Waals surface area contributed by atoms with Gasteiger partial charge in [0.15, 0.2) is 0 Å². The number of aromatic nitrogens is 2. The number of methoxy groups -OCH3 is 1. The molecule has 1 aromatic heterocycles. The Labute approximate surface area is 95.3 Å². The fourth-order valence-corrected chi connectivity index (χ4v) is 1.69. The molecule has 90 valence electrons. The van der Waals surface area contributed by atoms with Crippen LogP contribution in [0.1, 0.15) is 50.6 Å². The smallest absolute Gasteiger partial charge is 0.243 e. The molecule has 0 amide bonds. The molecule has 1 heterocycles. The first-order valence-electron chi connectivity index (χ1n) is 5.75. The summed E-state index contributed by atoms with van der Waals surface area (Å²) in [6.45, 7) is 4.06. The van der Waals surface area contributed by atoms with Crippen molar-refractivity contribution >= 4 is 0 Å². The van der Waals surface area contributed by atoms with Crippen LogP contribution in [0.4, 0.5) is 0 Å². The standard InChI is InChI=1S/C11H19N3O2/c1-6(2)8(12)11-13-10(14-16-11)9(15-3)7-4-5-7/h6-9H,4-5,12H2,1-3H3/t8-,9?/m1/s1. The predicted molar refractivity (Wildman–Crippen MR) is 58.5 cm³/mol. The minimum absolute atomic E-state index is 0.0307. The largest absolute Gasteiger partial charge is 0.373 e. The van der Waals surface area contributed by atoms with E-state index in [-0.39, 0.29) is 18.1 Å². The Hall–Kier alpha value is -0.940. The summed E-state index contributed by atoms with van der Waals surface area (Å²) < 4.78 is 10.6. The van der Waals surface area contributed by atoms with Crippen molar-refractivity contribution in [3.63, 3.8) is 0 Å². The molecule has 1 aromatic rings. The van der Waals surface area contributed by atoms with E-state index < -0.39 is 0 Å². The van der Waals surface area contributed by atoms with Crippen molar-refractivity contribution in [3.8, 4) is 0 Å². The van der Waals surface area contributed by atoms with E-state index in [9.17, 15) is 0 Å². The van der Waals surface area contributed by atoms with Crippen molar-refractivity contribution in [3.05, 3.63) is 11.7 Å². The zero-order valence-corrected chi connectivity index (χ0v) is 10.0. The Bertz CT molecular complexity index is 347. The van der Waals surface area contributed by atoms with Crippen LogP contribution in [-0.4, -0.2) is 17.3 Å². The van der Waals surface area contributed by atoms with Crippen molar-refractivity contribution < 1.29 is 9.26 Å². The first-order valence-corrected chi connectivity index (χ1v) is 5.75. The number of nitrogens with two attached hydrogens (primary N) is 1. The molecule has 5 nitrogen and oxygen atoms in total. The van der Waals surface area contributed by atoms with Crippen LogP contribution in [-0.2, 0) is 4.74 Å². The monoisotopic (exact) mass is 225 g/mol. The molecule has 0 spiro atoms. The quantitative estimate of drug-likeness (QED) is 0.827. The first-order chi connectivity index (χ1) is 7.63. The molecule has 1 aliphatic carbocycles. The first kappa shape index (κ1) is 11.5. The van der Waals surface area contributed by atoms with E-state index >= 15 is 0 Å². The molecular weight excluding hydrogens is 206 g/mol. The summed E-state index contributed by atoms with van der Waals surface area (Å²) in [4.78, 5) is 4.34. The van der Waals surface area contributed by atoms with E-state index in [0.717, 1.165) is 0 Å². The second-order valence-corrected chi connectivity index (χ2v) is 4.75. The van der Waals surface area contributed by atoms with Gasteiger partial charge in [-0.25, -0.2) is 0 Å². The van der Waals surface area contributed by atoms with E-state index in [0.29, 0.717) is 17.6 Å². The molecule has 0 saturated heterocycles. The minimum atomic E-state index is -0.196. The van der Waals surface area contributed by atoms with Crippen molar-refractivity contribution in [2.45, 2.75) is 38.8 Å². The summed E-state index contributed by atoms with van der Waals surface area (Å²) in [7, 11) is 1.68. The van der Waals surface area contributed by atoms with E-state index in [1.165, 1.54) is 12.8 Å². The zero-order chi connectivity index (χ0) is 11.7. The minimum Gasteiger partial charge on any atom is -0.373 e. The lowest BCUT2D eigenvalue weighted by Crippen LogP contribution is -2.17. The van der Waals surface area contributed by atoms with Crippen LogP contribution in [0.15, 0.2) is 4.52 Å². The third kappa shape index (κ3) is 2.25. The molecule has 2 atom stereocenters. The van der Waals surface area contributed by atoms with Crippen LogP contribution < -0.4 is 5.73 Å². The van der Waals surface area contributed by atoms with Gasteiger partial charge in [0.2, 0.25) is 11.7 Å². The van der Waals surface area contributed by atoms with Gasteiger partial charge in [-0.05, 0) is 24.7 Å². The molecule has 16 heavy (non-hydrogen) atoms. The normalized spacial score (nSPS) is 20.1. The molecule has 0 radical (unpaired) electrons. The van der Waals surface area contributed by atoms with Gasteiger partial charge in [0.25, 0.3) is 0 Å². The molecule has 1 fully saturated rings. The second kappa shape index (κ2) is 4.51. The van der Waals surface area contributed by atoms with E-state index in [1.54, 1.807) is 7.11 Å². The highest BCUT2D eigenvalue weighted by molar-refractivity contribution is 5.00. The molecule has 0 aliphatic heterocycles. The lowest BCUT2D eigenvalue weighted by Gasteiger charge is -2.10. The summed E-state index contributed by atoms with van der Waals surface area (Å²) in [5.41, 5.74) is 5.95. The van der Waals surface area contributed by atoms with Crippen molar-refractivity contribution in [1.82, 2.24) is 10.1 Å². The average Bonchev–Trinajstić information content (AvgIpc) is 2.96. The van der Waals surface area contributed by atoms with Crippen LogP contribution in [0.2, 0.25) is 0 Å². The molecule has 1 aliphatic rings. The molecule has 0 bridgehead atoms. The van der Waals surface area contributed by atoms with Crippen molar-refractivity contribution in [1.29, 1.82) is 0 Å². The van der Waals surface area contributed by atoms with Crippen LogP contribution in [0.5, 0.6) is 0 Å². The molecule has 1 unspecified atom stereocenters. The van der Waals surface area contributed by atoms with Crippen LogP contribution in [0.3, 0.4) is 0 Å². The Kier molecular flexibility index (Phi) is 3.25. The van der Waals surface area contributed by atoms with Gasteiger partial charge in [-0.2, -0.15) is 4.98 Å². The van der Waals surface area contributed by atoms with Crippen molar-refractivity contribution in [2.75, 3.05) is 7.11 Å². The SMILES string of the molecule is COC(c1noc([C@H](N)C(C)C)n1)C1CC1. The molecule has 5 heteroatoms. The maximum atomic E-state index is 5.95. The van der Waals surface area contributed by atoms with Gasteiger partial charge in [-0.15, -0.1) is 0 Å². The Morgan fingerprint density at radius 3 is 2.62 bits per heavy atom. The highest BCUT2D eigenvalue weighted by atomic mass is 16.5. The lowest BCUT2D eigenvalue weighted by molar-refractivity contribution is 0.0751. The number of nitrogens with zero attached hydrogens (tertiary/aromatic N) is 2. The lowest BCUT2D eigenvalue weighted by atomic mass is 10.1. The summed E-state index contributed by atoms with van der Waals surface area (Å²) >= 11 is 0. The van der Waals surface area contributed by atoms with Gasteiger partial charge in [0.05, 0.1) is 6.04 Å². The maximum Gasteiger partial charge on any atom is 0.243 e. The summed E-state index contributed by atoms with van der Waals surface area (Å²) in [6, 6.07) is -0.196. The summed E-state index contributed by atoms with van der Waals surface area (Å²) in [5.74, 6) is 1.98. The van der Waals surface area contributed by atoms with E-state index in [4.69, 9.17) is 15.0 Å². The highest BCUT2D eigenvalue weighted by Gasteiger charge is 2.36. The second-order valence-electron chi connectivity index (χ2n) is 4.75. The van der Waals surface area contributed by atoms with Gasteiger partial charge in [-0.1, -0.05) is 19.0 Å². The Balaban J connectivity index is 2.11. The Morgan fingerprint density at radius 2 is 2.12 bits per heavy atom. The van der Waals surface area contributed by atoms with Gasteiger partial charge in [0, 0.05) is 7.11 Å². The molecule has 0 aromatic carbocycles. The maximum absolute atomic E-state index is 5.95. The van der Waals surface area contributed by atoms with Gasteiger partial charge in [-0.3, -0.25) is 0 Å². The molecule has 1 saturated carbocycles. The third-order valence-electron chi connectivity index (χ3n) is 3.02. The molecular formula is C11H19N3O2. The average molecular weight is 225 g/mol. The topological polar surface area (TPSA) is 74.2 Å². The van der Waals surface area contributed by atoms with Crippen molar-refractivity contribution in [2.24, 2.45) is 17.6 Å². The van der Waals surface area contributed by atoms with Crippen LogP contribution in [0, 0.1) is 11.8 Å². The van der Waals surface area contributed by atoms with Gasteiger partial charge in [0.1, 0.15) is 6.10 Å².